The van der Waals surface area contributed by atoms with Gasteiger partial charge in [-0.25, -0.2) is 4.99 Å². The number of hydrogen-bond acceptors (Lipinski definition) is 2. The predicted octanol–water partition coefficient (Wildman–Crippen LogP) is 2.07. The summed E-state index contributed by atoms with van der Waals surface area (Å²) < 4.78 is 6.56. The van der Waals surface area contributed by atoms with Gasteiger partial charge in [0.05, 0.1) is 6.54 Å². The fraction of sp³-hybridized carbons (Fsp3) is 0.222. The molecule has 0 saturated carbocycles. The lowest BCUT2D eigenvalue weighted by molar-refractivity contribution is 0.348. The van der Waals surface area contributed by atoms with Crippen LogP contribution in [0.2, 0.25) is 0 Å². The second-order valence-corrected chi connectivity index (χ2v) is 3.68. The van der Waals surface area contributed by atoms with Crippen LogP contribution in [0.5, 0.6) is 0 Å². The van der Waals surface area contributed by atoms with Crippen LogP contribution >= 0.6 is 22.6 Å². The van der Waals surface area contributed by atoms with E-state index in [1.54, 1.807) is 0 Å². The molecule has 2 rings (SSSR count). The van der Waals surface area contributed by atoms with Crippen molar-refractivity contribution in [2.75, 3.05) is 13.2 Å². The third-order valence-corrected chi connectivity index (χ3v) is 2.63. The zero-order valence-electron chi connectivity index (χ0n) is 6.46. The highest BCUT2D eigenvalue weighted by Gasteiger charge is 2.11. The van der Waals surface area contributed by atoms with E-state index in [1.165, 1.54) is 3.57 Å². The first-order valence-electron chi connectivity index (χ1n) is 3.80. The Morgan fingerprint density at radius 2 is 2.17 bits per heavy atom. The Labute approximate surface area is 84.8 Å². The predicted molar refractivity (Wildman–Crippen MR) is 56.5 cm³/mol. The second-order valence-electron chi connectivity index (χ2n) is 2.52. The van der Waals surface area contributed by atoms with Gasteiger partial charge < -0.3 is 4.74 Å². The van der Waals surface area contributed by atoms with Crippen LogP contribution in [-0.4, -0.2) is 19.0 Å². The molecule has 1 aromatic rings. The summed E-state index contributed by atoms with van der Waals surface area (Å²) in [6.07, 6.45) is 0. The molecule has 0 bridgehead atoms. The van der Waals surface area contributed by atoms with E-state index in [0.29, 0.717) is 0 Å². The summed E-state index contributed by atoms with van der Waals surface area (Å²) in [6, 6.07) is 8.11. The molecule has 1 aromatic carbocycles. The number of benzene rings is 1. The van der Waals surface area contributed by atoms with Gasteiger partial charge in [-0.3, -0.25) is 0 Å². The molecule has 0 unspecified atom stereocenters. The van der Waals surface area contributed by atoms with Crippen LogP contribution in [0, 0.1) is 3.57 Å². The lowest BCUT2D eigenvalue weighted by Crippen LogP contribution is -2.02. The van der Waals surface area contributed by atoms with Crippen LogP contribution in [0.3, 0.4) is 0 Å². The molecule has 0 saturated heterocycles. The van der Waals surface area contributed by atoms with Gasteiger partial charge >= 0.3 is 0 Å². The SMILES string of the molecule is Ic1ccccc1C1=NCCO1. The highest BCUT2D eigenvalue weighted by Crippen LogP contribution is 2.15. The first-order chi connectivity index (χ1) is 5.88. The molecular weight excluding hydrogens is 265 g/mol. The highest BCUT2D eigenvalue weighted by molar-refractivity contribution is 14.1. The summed E-state index contributed by atoms with van der Waals surface area (Å²) >= 11 is 2.29. The van der Waals surface area contributed by atoms with Gasteiger partial charge in [-0.1, -0.05) is 12.1 Å². The second kappa shape index (κ2) is 3.43. The molecule has 0 fully saturated rings. The Bertz CT molecular complexity index is 322. The van der Waals surface area contributed by atoms with Crippen molar-refractivity contribution in [1.82, 2.24) is 0 Å². The number of nitrogens with zero attached hydrogens (tertiary/aromatic N) is 1. The Morgan fingerprint density at radius 1 is 1.33 bits per heavy atom. The third-order valence-electron chi connectivity index (χ3n) is 1.69. The van der Waals surface area contributed by atoms with Gasteiger partial charge in [-0.05, 0) is 34.7 Å². The minimum absolute atomic E-state index is 0.723. The Kier molecular flexibility index (Phi) is 2.30. The summed E-state index contributed by atoms with van der Waals surface area (Å²) in [7, 11) is 0. The summed E-state index contributed by atoms with van der Waals surface area (Å²) in [5.74, 6) is 0.792. The van der Waals surface area contributed by atoms with Crippen LogP contribution in [-0.2, 0) is 4.74 Å². The van der Waals surface area contributed by atoms with E-state index in [2.05, 4.69) is 33.6 Å². The van der Waals surface area contributed by atoms with Gasteiger partial charge in [0.1, 0.15) is 6.61 Å². The molecule has 0 spiro atoms. The zero-order chi connectivity index (χ0) is 8.39. The molecule has 0 aromatic heterocycles. The van der Waals surface area contributed by atoms with Crippen LogP contribution < -0.4 is 0 Å². The van der Waals surface area contributed by atoms with Crippen molar-refractivity contribution in [2.24, 2.45) is 4.99 Å². The molecule has 0 atom stereocenters. The summed E-state index contributed by atoms with van der Waals surface area (Å²) in [5, 5.41) is 0. The quantitative estimate of drug-likeness (QED) is 0.718. The van der Waals surface area contributed by atoms with E-state index in [9.17, 15) is 0 Å². The van der Waals surface area contributed by atoms with Crippen molar-refractivity contribution < 1.29 is 4.74 Å². The molecule has 1 aliphatic heterocycles. The minimum atomic E-state index is 0.723. The van der Waals surface area contributed by atoms with E-state index in [1.807, 2.05) is 18.2 Å². The summed E-state index contributed by atoms with van der Waals surface area (Å²) in [6.45, 7) is 1.51. The molecule has 3 heteroatoms. The molecule has 0 N–H and O–H groups in total. The van der Waals surface area contributed by atoms with Gasteiger partial charge in [0.2, 0.25) is 5.90 Å². The lowest BCUT2D eigenvalue weighted by Gasteiger charge is -2.02. The van der Waals surface area contributed by atoms with Crippen LogP contribution in [0.4, 0.5) is 0 Å². The van der Waals surface area contributed by atoms with E-state index in [0.717, 1.165) is 24.6 Å². The lowest BCUT2D eigenvalue weighted by atomic mass is 10.2. The summed E-state index contributed by atoms with van der Waals surface area (Å²) in [5.41, 5.74) is 1.11. The number of hydrogen-bond donors (Lipinski definition) is 0. The zero-order valence-corrected chi connectivity index (χ0v) is 8.61. The number of rotatable bonds is 1. The monoisotopic (exact) mass is 273 g/mol. The Balaban J connectivity index is 2.39. The van der Waals surface area contributed by atoms with E-state index < -0.39 is 0 Å². The van der Waals surface area contributed by atoms with E-state index in [-0.39, 0.29) is 0 Å². The third kappa shape index (κ3) is 1.46. The molecule has 1 heterocycles. The summed E-state index contributed by atoms with van der Waals surface area (Å²) in [4.78, 5) is 4.26. The Morgan fingerprint density at radius 3 is 2.83 bits per heavy atom. The normalized spacial score (nSPS) is 15.6. The molecule has 0 amide bonds. The maximum atomic E-state index is 5.37. The fourth-order valence-corrected chi connectivity index (χ4v) is 1.75. The molecule has 1 aliphatic rings. The first kappa shape index (κ1) is 8.04. The van der Waals surface area contributed by atoms with Crippen molar-refractivity contribution in [3.05, 3.63) is 33.4 Å². The molecule has 0 aliphatic carbocycles. The van der Waals surface area contributed by atoms with Gasteiger partial charge in [0, 0.05) is 9.13 Å². The van der Waals surface area contributed by atoms with Crippen LogP contribution in [0.25, 0.3) is 0 Å². The van der Waals surface area contributed by atoms with Gasteiger partial charge in [0.25, 0.3) is 0 Å². The fourth-order valence-electron chi connectivity index (χ4n) is 1.13. The molecule has 12 heavy (non-hydrogen) atoms. The van der Waals surface area contributed by atoms with Crippen LogP contribution in [0.1, 0.15) is 5.56 Å². The number of halogens is 1. The molecular formula is C9H8INO. The van der Waals surface area contributed by atoms with E-state index >= 15 is 0 Å². The van der Waals surface area contributed by atoms with Crippen molar-refractivity contribution in [2.45, 2.75) is 0 Å². The average Bonchev–Trinajstić information content (AvgIpc) is 2.57. The van der Waals surface area contributed by atoms with Gasteiger partial charge in [-0.15, -0.1) is 0 Å². The van der Waals surface area contributed by atoms with Crippen molar-refractivity contribution in [3.63, 3.8) is 0 Å². The number of aliphatic imine (C=N–C) groups is 1. The van der Waals surface area contributed by atoms with Crippen LogP contribution in [0.15, 0.2) is 29.3 Å². The van der Waals surface area contributed by atoms with E-state index in [4.69, 9.17) is 4.74 Å². The first-order valence-corrected chi connectivity index (χ1v) is 4.88. The van der Waals surface area contributed by atoms with Gasteiger partial charge in [-0.2, -0.15) is 0 Å². The molecule has 2 nitrogen and oxygen atoms in total. The van der Waals surface area contributed by atoms with Gasteiger partial charge in [0.15, 0.2) is 0 Å². The minimum Gasteiger partial charge on any atom is -0.475 e. The number of ether oxygens (including phenoxy) is 1. The average molecular weight is 273 g/mol. The largest absolute Gasteiger partial charge is 0.475 e. The van der Waals surface area contributed by atoms with Crippen molar-refractivity contribution >= 4 is 28.5 Å². The highest BCUT2D eigenvalue weighted by atomic mass is 127. The van der Waals surface area contributed by atoms with Crippen molar-refractivity contribution in [3.8, 4) is 0 Å². The molecule has 62 valence electrons. The maximum Gasteiger partial charge on any atom is 0.217 e. The standard InChI is InChI=1S/C9H8INO/c10-8-4-2-1-3-7(8)9-11-5-6-12-9/h1-4H,5-6H2. The van der Waals surface area contributed by atoms with Crippen molar-refractivity contribution in [1.29, 1.82) is 0 Å². The topological polar surface area (TPSA) is 21.6 Å². The molecule has 0 radical (unpaired) electrons. The smallest absolute Gasteiger partial charge is 0.217 e. The Hall–Kier alpha value is -0.580. The maximum absolute atomic E-state index is 5.37.